The van der Waals surface area contributed by atoms with Gasteiger partial charge < -0.3 is 24.6 Å². The summed E-state index contributed by atoms with van der Waals surface area (Å²) in [4.78, 5) is 25.3. The van der Waals surface area contributed by atoms with Crippen molar-refractivity contribution in [2.24, 2.45) is 0 Å². The number of hydrogen-bond acceptors (Lipinski definition) is 5. The molecule has 2 aromatic rings. The molecule has 1 atom stereocenters. The molecule has 0 saturated carbocycles. The van der Waals surface area contributed by atoms with E-state index < -0.39 is 5.97 Å². The average Bonchev–Trinajstić information content (AvgIpc) is 2.68. The molecule has 7 heteroatoms. The lowest BCUT2D eigenvalue weighted by Crippen LogP contribution is -2.40. The normalized spacial score (nSPS) is 16.7. The maximum absolute atomic E-state index is 12.6. The first kappa shape index (κ1) is 18.9. The van der Waals surface area contributed by atoms with Gasteiger partial charge in [0.2, 0.25) is 0 Å². The highest BCUT2D eigenvalue weighted by atomic mass is 16.6. The smallest absolute Gasteiger partial charge is 0.339 e. The Kier molecular flexibility index (Phi) is 5.73. The molecule has 1 heterocycles. The monoisotopic (exact) mass is 371 g/mol. The van der Waals surface area contributed by atoms with E-state index in [9.17, 15) is 14.7 Å². The number of phenols is 1. The number of carboxylic acid groups (broad SMARTS) is 1. The van der Waals surface area contributed by atoms with Crippen LogP contribution in [-0.4, -0.2) is 66.5 Å². The van der Waals surface area contributed by atoms with Crippen molar-refractivity contribution >= 4 is 11.9 Å². The van der Waals surface area contributed by atoms with E-state index in [0.29, 0.717) is 37.5 Å². The first-order chi connectivity index (χ1) is 13.0. The topological polar surface area (TPSA) is 96.3 Å². The molecule has 0 bridgehead atoms. The summed E-state index contributed by atoms with van der Waals surface area (Å²) >= 11 is 0. The van der Waals surface area contributed by atoms with Crippen molar-refractivity contribution in [2.45, 2.75) is 6.10 Å². The zero-order valence-electron chi connectivity index (χ0n) is 14.9. The van der Waals surface area contributed by atoms with Gasteiger partial charge in [-0.2, -0.15) is 0 Å². The van der Waals surface area contributed by atoms with Crippen molar-refractivity contribution < 1.29 is 29.3 Å². The Balaban J connectivity index is 1.72. The summed E-state index contributed by atoms with van der Waals surface area (Å²) in [6.07, 6.45) is -0.126. The Morgan fingerprint density at radius 1 is 1.11 bits per heavy atom. The van der Waals surface area contributed by atoms with Gasteiger partial charge in [0, 0.05) is 19.2 Å². The number of aromatic hydroxyl groups is 1. The third-order valence-electron chi connectivity index (χ3n) is 4.40. The molecule has 0 aliphatic carbocycles. The van der Waals surface area contributed by atoms with E-state index >= 15 is 0 Å². The Bertz CT molecular complexity index is 827. The second-order valence-electron chi connectivity index (χ2n) is 6.37. The minimum absolute atomic E-state index is 0.126. The summed E-state index contributed by atoms with van der Waals surface area (Å²) in [5.74, 6) is -1.61. The summed E-state index contributed by atoms with van der Waals surface area (Å²) in [6.45, 7) is 2.03. The molecular formula is C20H21NO6. The molecule has 27 heavy (non-hydrogen) atoms. The van der Waals surface area contributed by atoms with Crippen molar-refractivity contribution in [1.82, 2.24) is 4.90 Å². The average molecular weight is 371 g/mol. The van der Waals surface area contributed by atoms with Crippen LogP contribution < -0.4 is 0 Å². The molecule has 1 aliphatic rings. The fraction of sp³-hybridized carbons (Fsp3) is 0.300. The minimum Gasteiger partial charge on any atom is -0.507 e. The van der Waals surface area contributed by atoms with E-state index in [4.69, 9.17) is 14.6 Å². The van der Waals surface area contributed by atoms with Crippen molar-refractivity contribution in [3.05, 3.63) is 53.6 Å². The number of hydrogen-bond donors (Lipinski definition) is 2. The number of carbonyl (C=O) groups is 2. The lowest BCUT2D eigenvalue weighted by atomic mass is 10.0. The first-order valence-electron chi connectivity index (χ1n) is 8.57. The van der Waals surface area contributed by atoms with Gasteiger partial charge in [-0.05, 0) is 35.4 Å². The molecule has 142 valence electrons. The van der Waals surface area contributed by atoms with Gasteiger partial charge in [0.15, 0.2) is 0 Å². The molecule has 7 nitrogen and oxygen atoms in total. The highest BCUT2D eigenvalue weighted by Crippen LogP contribution is 2.26. The molecule has 3 rings (SSSR count). The zero-order valence-corrected chi connectivity index (χ0v) is 14.9. The van der Waals surface area contributed by atoms with Crippen molar-refractivity contribution in [1.29, 1.82) is 0 Å². The largest absolute Gasteiger partial charge is 0.507 e. The molecule has 1 saturated heterocycles. The standard InChI is InChI=1S/C20H21NO6/c1-21(11-16-12-26-8-9-27-16)19(23)14-4-2-13(3-5-14)15-6-7-18(22)17(10-15)20(24)25/h2-7,10,16,22H,8-9,11-12H2,1H3,(H,24,25)/t16-/m0/s1. The minimum atomic E-state index is -1.20. The number of likely N-dealkylation sites (N-methyl/N-ethyl adjacent to an activating group) is 1. The number of carbonyl (C=O) groups excluding carboxylic acids is 1. The third-order valence-corrected chi connectivity index (χ3v) is 4.40. The first-order valence-corrected chi connectivity index (χ1v) is 8.57. The molecule has 0 aromatic heterocycles. The summed E-state index contributed by atoms with van der Waals surface area (Å²) in [5.41, 5.74) is 1.75. The lowest BCUT2D eigenvalue weighted by Gasteiger charge is -2.27. The van der Waals surface area contributed by atoms with E-state index in [2.05, 4.69) is 0 Å². The van der Waals surface area contributed by atoms with Gasteiger partial charge in [-0.3, -0.25) is 4.79 Å². The zero-order chi connectivity index (χ0) is 19.4. The van der Waals surface area contributed by atoms with Crippen LogP contribution in [0.25, 0.3) is 11.1 Å². The van der Waals surface area contributed by atoms with E-state index in [-0.39, 0.29) is 23.3 Å². The fourth-order valence-electron chi connectivity index (χ4n) is 2.94. The molecule has 2 aromatic carbocycles. The number of ether oxygens (including phenoxy) is 2. The van der Waals surface area contributed by atoms with Gasteiger partial charge in [0.25, 0.3) is 5.91 Å². The van der Waals surface area contributed by atoms with Crippen molar-refractivity contribution in [2.75, 3.05) is 33.4 Å². The van der Waals surface area contributed by atoms with Gasteiger partial charge in [-0.15, -0.1) is 0 Å². The van der Waals surface area contributed by atoms with Crippen LogP contribution in [0.5, 0.6) is 5.75 Å². The number of nitrogens with zero attached hydrogens (tertiary/aromatic N) is 1. The number of amides is 1. The lowest BCUT2D eigenvalue weighted by molar-refractivity contribution is -0.0933. The number of rotatable bonds is 5. The molecule has 1 fully saturated rings. The van der Waals surface area contributed by atoms with Crippen LogP contribution in [0.1, 0.15) is 20.7 Å². The number of benzene rings is 2. The second-order valence-corrected chi connectivity index (χ2v) is 6.37. The van der Waals surface area contributed by atoms with Crippen LogP contribution >= 0.6 is 0 Å². The van der Waals surface area contributed by atoms with Crippen LogP contribution in [-0.2, 0) is 9.47 Å². The molecule has 1 amide bonds. The maximum Gasteiger partial charge on any atom is 0.339 e. The molecule has 2 N–H and O–H groups in total. The van der Waals surface area contributed by atoms with Gasteiger partial charge in [-0.1, -0.05) is 18.2 Å². The summed E-state index contributed by atoms with van der Waals surface area (Å²) < 4.78 is 10.9. The molecular weight excluding hydrogens is 350 g/mol. The Hall–Kier alpha value is -2.90. The Morgan fingerprint density at radius 3 is 2.44 bits per heavy atom. The quantitative estimate of drug-likeness (QED) is 0.837. The van der Waals surface area contributed by atoms with Crippen LogP contribution in [0.4, 0.5) is 0 Å². The second kappa shape index (κ2) is 8.20. The van der Waals surface area contributed by atoms with Gasteiger partial charge in [0.1, 0.15) is 11.3 Å². The Labute approximate surface area is 156 Å². The highest BCUT2D eigenvalue weighted by molar-refractivity contribution is 5.95. The number of carboxylic acids is 1. The van der Waals surface area contributed by atoms with E-state index in [1.54, 1.807) is 42.3 Å². The van der Waals surface area contributed by atoms with E-state index in [1.807, 2.05) is 0 Å². The van der Waals surface area contributed by atoms with E-state index in [0.717, 1.165) is 5.56 Å². The summed E-state index contributed by atoms with van der Waals surface area (Å²) in [6, 6.07) is 11.3. The van der Waals surface area contributed by atoms with Crippen LogP contribution in [0.15, 0.2) is 42.5 Å². The van der Waals surface area contributed by atoms with Crippen LogP contribution in [0.3, 0.4) is 0 Å². The maximum atomic E-state index is 12.6. The Morgan fingerprint density at radius 2 is 1.81 bits per heavy atom. The third kappa shape index (κ3) is 4.45. The fourth-order valence-corrected chi connectivity index (χ4v) is 2.94. The van der Waals surface area contributed by atoms with Crippen molar-refractivity contribution in [3.63, 3.8) is 0 Å². The summed E-state index contributed by atoms with van der Waals surface area (Å²) in [7, 11) is 1.72. The predicted molar refractivity (Wildman–Crippen MR) is 98.0 cm³/mol. The summed E-state index contributed by atoms with van der Waals surface area (Å²) in [5, 5.41) is 18.7. The van der Waals surface area contributed by atoms with E-state index in [1.165, 1.54) is 12.1 Å². The van der Waals surface area contributed by atoms with Gasteiger partial charge in [0.05, 0.1) is 25.9 Å². The van der Waals surface area contributed by atoms with Gasteiger partial charge >= 0.3 is 5.97 Å². The SMILES string of the molecule is CN(C[C@H]1COCCO1)C(=O)c1ccc(-c2ccc(O)c(C(=O)O)c2)cc1. The van der Waals surface area contributed by atoms with Crippen LogP contribution in [0, 0.1) is 0 Å². The molecule has 1 aliphatic heterocycles. The predicted octanol–water partition coefficient (Wildman–Crippen LogP) is 2.24. The highest BCUT2D eigenvalue weighted by Gasteiger charge is 2.20. The molecule has 0 unspecified atom stereocenters. The molecule has 0 spiro atoms. The van der Waals surface area contributed by atoms with Gasteiger partial charge in [-0.25, -0.2) is 4.79 Å². The molecule has 0 radical (unpaired) electrons. The van der Waals surface area contributed by atoms with Crippen molar-refractivity contribution in [3.8, 4) is 16.9 Å². The van der Waals surface area contributed by atoms with Crippen LogP contribution in [0.2, 0.25) is 0 Å². The number of aromatic carboxylic acids is 1.